The molecule has 1 heterocycles. The minimum Gasteiger partial charge on any atom is -0.379 e. The van der Waals surface area contributed by atoms with E-state index in [1.807, 2.05) is 0 Å². The second kappa shape index (κ2) is 8.63. The van der Waals surface area contributed by atoms with Crippen LogP contribution in [-0.4, -0.2) is 75.5 Å². The number of methoxy groups -OCH3 is 1. The Morgan fingerprint density at radius 1 is 0.897 bits per heavy atom. The molecule has 4 nitrogen and oxygen atoms in total. The van der Waals surface area contributed by atoms with Crippen molar-refractivity contribution in [1.82, 2.24) is 0 Å². The highest BCUT2D eigenvalue weighted by Crippen LogP contribution is 2.58. The van der Waals surface area contributed by atoms with E-state index in [0.29, 0.717) is 0 Å². The second-order valence-corrected chi connectivity index (χ2v) is 5.79. The highest BCUT2D eigenvalue weighted by Gasteiger charge is 2.88. The molecule has 1 aliphatic heterocycles. The minimum absolute atomic E-state index is 0.120. The molecule has 174 valence electrons. The monoisotopic (exact) mass is 462 g/mol. The lowest BCUT2D eigenvalue weighted by molar-refractivity contribution is -0.426. The molecule has 3 unspecified atom stereocenters. The Balaban J connectivity index is 2.74. The van der Waals surface area contributed by atoms with Crippen LogP contribution in [0.25, 0.3) is 0 Å². The Morgan fingerprint density at radius 2 is 1.45 bits per heavy atom. The molecule has 0 N–H and O–H groups in total. The van der Waals surface area contributed by atoms with Crippen molar-refractivity contribution in [2.45, 2.75) is 55.0 Å². The Kier molecular flexibility index (Phi) is 7.74. The molecule has 1 fully saturated rings. The molecule has 3 atom stereocenters. The fraction of sp³-hybridized carbons (Fsp3) is 1.00. The Morgan fingerprint density at radius 3 is 1.90 bits per heavy atom. The molecule has 29 heavy (non-hydrogen) atoms. The van der Waals surface area contributed by atoms with Crippen LogP contribution in [0.4, 0.5) is 52.7 Å². The molecule has 0 bridgehead atoms. The zero-order valence-corrected chi connectivity index (χ0v) is 14.2. The third-order valence-electron chi connectivity index (χ3n) is 3.69. The predicted octanol–water partition coefficient (Wildman–Crippen LogP) is 4.18. The molecule has 0 aromatic rings. The Labute approximate surface area is 155 Å². The van der Waals surface area contributed by atoms with E-state index in [2.05, 4.69) is 9.47 Å². The number of ether oxygens (including phenoxy) is 4. The van der Waals surface area contributed by atoms with Gasteiger partial charge in [-0.05, 0) is 0 Å². The van der Waals surface area contributed by atoms with Gasteiger partial charge in [0.25, 0.3) is 6.48 Å². The van der Waals surface area contributed by atoms with Gasteiger partial charge in [-0.2, -0.15) is 48.3 Å². The summed E-state index contributed by atoms with van der Waals surface area (Å²) in [5.74, 6) is -29.2. The molecule has 0 saturated carbocycles. The maximum Gasteiger partial charge on any atom is 0.460 e. The van der Waals surface area contributed by atoms with E-state index in [0.717, 1.165) is 0 Å². The first-order chi connectivity index (χ1) is 12.9. The van der Waals surface area contributed by atoms with E-state index in [1.165, 1.54) is 7.11 Å². The highest BCUT2D eigenvalue weighted by molar-refractivity contribution is 5.08. The van der Waals surface area contributed by atoms with Crippen molar-refractivity contribution < 1.29 is 71.6 Å². The number of hydrogen-bond donors (Lipinski definition) is 0. The molecule has 0 spiro atoms. The van der Waals surface area contributed by atoms with E-state index < -0.39 is 68.3 Å². The number of alkyl halides is 12. The average molecular weight is 462 g/mol. The number of halogens is 12. The van der Waals surface area contributed by atoms with Crippen molar-refractivity contribution >= 4 is 0 Å². The van der Waals surface area contributed by atoms with Crippen molar-refractivity contribution in [2.75, 3.05) is 26.9 Å². The van der Waals surface area contributed by atoms with Crippen molar-refractivity contribution in [3.63, 3.8) is 0 Å². The Bertz CT molecular complexity index is 538. The SMILES string of the molecule is COC1OCC(COCCC(F)C(F)(F)C(F)(F)C(F)(F)C(F)(F)C(F)(F)F)O1. The van der Waals surface area contributed by atoms with Gasteiger partial charge in [-0.1, -0.05) is 0 Å². The Hall–Kier alpha value is -1.00. The summed E-state index contributed by atoms with van der Waals surface area (Å²) in [6.07, 6.45) is -14.1. The number of hydrogen-bond acceptors (Lipinski definition) is 4. The lowest BCUT2D eigenvalue weighted by Gasteiger charge is -2.38. The first kappa shape index (κ1) is 26.0. The summed E-state index contributed by atoms with van der Waals surface area (Å²) in [5.41, 5.74) is 0. The molecule has 1 aliphatic rings. The lowest BCUT2D eigenvalue weighted by atomic mass is 9.94. The maximum absolute atomic E-state index is 13.5. The van der Waals surface area contributed by atoms with Gasteiger partial charge < -0.3 is 18.9 Å². The molecule has 0 aliphatic carbocycles. The fourth-order valence-corrected chi connectivity index (χ4v) is 2.00. The summed E-state index contributed by atoms with van der Waals surface area (Å²) >= 11 is 0. The third-order valence-corrected chi connectivity index (χ3v) is 3.69. The van der Waals surface area contributed by atoms with Gasteiger partial charge in [-0.15, -0.1) is 0 Å². The summed E-state index contributed by atoms with van der Waals surface area (Å²) in [5, 5.41) is 0. The zero-order valence-electron chi connectivity index (χ0n) is 14.2. The molecule has 1 rings (SSSR count). The van der Waals surface area contributed by atoms with Gasteiger partial charge in [0, 0.05) is 20.1 Å². The van der Waals surface area contributed by atoms with Gasteiger partial charge in [0.2, 0.25) is 0 Å². The summed E-state index contributed by atoms with van der Waals surface area (Å²) in [4.78, 5) is 0. The van der Waals surface area contributed by atoms with Crippen LogP contribution in [0.15, 0.2) is 0 Å². The molecule has 1 saturated heterocycles. The van der Waals surface area contributed by atoms with E-state index in [-0.39, 0.29) is 6.61 Å². The number of rotatable bonds is 10. The quantitative estimate of drug-likeness (QED) is 0.361. The van der Waals surface area contributed by atoms with Gasteiger partial charge in [0.1, 0.15) is 6.10 Å². The van der Waals surface area contributed by atoms with Gasteiger partial charge in [0.05, 0.1) is 13.2 Å². The maximum atomic E-state index is 13.5. The van der Waals surface area contributed by atoms with Crippen LogP contribution in [0, 0.1) is 0 Å². The van der Waals surface area contributed by atoms with Crippen LogP contribution in [0.3, 0.4) is 0 Å². The van der Waals surface area contributed by atoms with Crippen LogP contribution in [0.5, 0.6) is 0 Å². The van der Waals surface area contributed by atoms with E-state index in [4.69, 9.17) is 9.47 Å². The minimum atomic E-state index is -7.64. The normalized spacial score (nSPS) is 23.5. The standard InChI is InChI=1S/C13H14F12O4/c1-26-8-28-5-6(29-8)4-27-3-2-7(14)9(15,16)10(17,18)11(19,20)12(21,22)13(23,24)25/h6-8H,2-5H2,1H3. The van der Waals surface area contributed by atoms with E-state index >= 15 is 0 Å². The average Bonchev–Trinajstić information content (AvgIpc) is 3.04. The van der Waals surface area contributed by atoms with Crippen molar-refractivity contribution in [3.8, 4) is 0 Å². The summed E-state index contributed by atoms with van der Waals surface area (Å²) in [6.45, 7) is -2.77. The van der Waals surface area contributed by atoms with Gasteiger partial charge in [-0.3, -0.25) is 0 Å². The molecular weight excluding hydrogens is 448 g/mol. The smallest absolute Gasteiger partial charge is 0.379 e. The summed E-state index contributed by atoms with van der Waals surface area (Å²) in [6, 6.07) is 0. The van der Waals surface area contributed by atoms with Gasteiger partial charge >= 0.3 is 29.9 Å². The fourth-order valence-electron chi connectivity index (χ4n) is 2.00. The first-order valence-corrected chi connectivity index (χ1v) is 7.53. The van der Waals surface area contributed by atoms with Crippen LogP contribution >= 0.6 is 0 Å². The second-order valence-electron chi connectivity index (χ2n) is 5.79. The molecule has 0 aromatic carbocycles. The molecule has 0 radical (unpaired) electrons. The summed E-state index contributed by atoms with van der Waals surface area (Å²) in [7, 11) is 1.20. The highest BCUT2D eigenvalue weighted by atomic mass is 19.4. The lowest BCUT2D eigenvalue weighted by Crippen LogP contribution is -2.68. The third kappa shape index (κ3) is 4.85. The molecule has 16 heteroatoms. The van der Waals surface area contributed by atoms with Crippen molar-refractivity contribution in [1.29, 1.82) is 0 Å². The van der Waals surface area contributed by atoms with Crippen LogP contribution in [0.1, 0.15) is 6.42 Å². The summed E-state index contributed by atoms with van der Waals surface area (Å²) < 4.78 is 173. The molecule has 0 amide bonds. The zero-order chi connectivity index (χ0) is 22.9. The van der Waals surface area contributed by atoms with Crippen molar-refractivity contribution in [2.24, 2.45) is 0 Å². The molecule has 0 aromatic heterocycles. The van der Waals surface area contributed by atoms with E-state index in [1.54, 1.807) is 0 Å². The largest absolute Gasteiger partial charge is 0.460 e. The van der Waals surface area contributed by atoms with Crippen LogP contribution in [-0.2, 0) is 18.9 Å². The van der Waals surface area contributed by atoms with Gasteiger partial charge in [-0.25, -0.2) is 4.39 Å². The van der Waals surface area contributed by atoms with Crippen LogP contribution in [0.2, 0.25) is 0 Å². The predicted molar refractivity (Wildman–Crippen MR) is 67.8 cm³/mol. The van der Waals surface area contributed by atoms with Crippen molar-refractivity contribution in [3.05, 3.63) is 0 Å². The first-order valence-electron chi connectivity index (χ1n) is 7.53. The molecular formula is C13H14F12O4. The van der Waals surface area contributed by atoms with E-state index in [9.17, 15) is 52.7 Å². The topological polar surface area (TPSA) is 36.9 Å². The van der Waals surface area contributed by atoms with Gasteiger partial charge in [0.15, 0.2) is 6.17 Å². The van der Waals surface area contributed by atoms with Crippen LogP contribution < -0.4 is 0 Å².